The molecule has 3 nitrogen and oxygen atoms in total. The fourth-order valence-electron chi connectivity index (χ4n) is 0.869. The summed E-state index contributed by atoms with van der Waals surface area (Å²) >= 11 is 0. The maximum atomic E-state index is 10.3. The van der Waals surface area contributed by atoms with E-state index in [1.807, 2.05) is 0 Å². The van der Waals surface area contributed by atoms with Gasteiger partial charge in [0.15, 0.2) is 6.29 Å². The lowest BCUT2D eigenvalue weighted by Gasteiger charge is -1.90. The first-order valence-electron chi connectivity index (χ1n) is 4.38. The molecule has 1 aromatic rings. The summed E-state index contributed by atoms with van der Waals surface area (Å²) in [6.07, 6.45) is 3.58. The Balaban J connectivity index is 2.57. The third kappa shape index (κ3) is 3.38. The van der Waals surface area contributed by atoms with Gasteiger partial charge in [0.05, 0.1) is 0 Å². The van der Waals surface area contributed by atoms with Crippen molar-refractivity contribution in [2.24, 2.45) is 0 Å². The maximum Gasteiger partial charge on any atom is 0.151 e. The highest BCUT2D eigenvalue weighted by molar-refractivity contribution is 5.74. The van der Waals surface area contributed by atoms with Gasteiger partial charge in [0.25, 0.3) is 0 Å². The number of carbonyl (C=O) groups excluding carboxylic acids is 1. The highest BCUT2D eigenvalue weighted by Crippen LogP contribution is 1.96. The second kappa shape index (κ2) is 5.90. The standard InChI is InChI=1S/C11H11NO2/c13-7-3-1-2-4-11-6-5-10(9-14)8-12-11/h5-6,8-9,13H,1,3,7H2. The molecule has 0 saturated heterocycles. The molecular weight excluding hydrogens is 178 g/mol. The molecule has 1 aromatic heterocycles. The minimum atomic E-state index is 0.159. The van der Waals surface area contributed by atoms with Gasteiger partial charge in [-0.1, -0.05) is 5.92 Å². The predicted molar refractivity (Wildman–Crippen MR) is 52.8 cm³/mol. The van der Waals surface area contributed by atoms with Crippen molar-refractivity contribution in [3.8, 4) is 11.8 Å². The quantitative estimate of drug-likeness (QED) is 0.438. The smallest absolute Gasteiger partial charge is 0.151 e. The van der Waals surface area contributed by atoms with Gasteiger partial charge in [0, 0.05) is 24.8 Å². The SMILES string of the molecule is O=Cc1ccc(C#CCCCO)nc1. The molecule has 1 heterocycles. The highest BCUT2D eigenvalue weighted by atomic mass is 16.2. The summed E-state index contributed by atoms with van der Waals surface area (Å²) in [5.74, 6) is 5.72. The van der Waals surface area contributed by atoms with E-state index in [-0.39, 0.29) is 6.61 Å². The number of hydrogen-bond acceptors (Lipinski definition) is 3. The second-order valence-corrected chi connectivity index (χ2v) is 2.72. The molecule has 0 atom stereocenters. The largest absolute Gasteiger partial charge is 0.396 e. The van der Waals surface area contributed by atoms with Gasteiger partial charge in [0.1, 0.15) is 5.69 Å². The number of unbranched alkanes of at least 4 members (excludes halogenated alkanes) is 1. The van der Waals surface area contributed by atoms with E-state index < -0.39 is 0 Å². The van der Waals surface area contributed by atoms with Gasteiger partial charge in [-0.2, -0.15) is 0 Å². The molecule has 0 spiro atoms. The van der Waals surface area contributed by atoms with Gasteiger partial charge < -0.3 is 5.11 Å². The van der Waals surface area contributed by atoms with Crippen LogP contribution >= 0.6 is 0 Å². The topological polar surface area (TPSA) is 50.2 Å². The first-order chi connectivity index (χ1) is 6.86. The Bertz CT molecular complexity index is 346. The van der Waals surface area contributed by atoms with E-state index in [2.05, 4.69) is 16.8 Å². The zero-order valence-electron chi connectivity index (χ0n) is 7.73. The lowest BCUT2D eigenvalue weighted by atomic mass is 10.2. The summed E-state index contributed by atoms with van der Waals surface area (Å²) in [5, 5.41) is 8.51. The third-order valence-corrected chi connectivity index (χ3v) is 1.60. The monoisotopic (exact) mass is 189 g/mol. The molecular formula is C11H11NO2. The van der Waals surface area contributed by atoms with Crippen LogP contribution in [0.1, 0.15) is 28.9 Å². The van der Waals surface area contributed by atoms with Crippen LogP contribution in [0, 0.1) is 11.8 Å². The summed E-state index contributed by atoms with van der Waals surface area (Å²) in [5.41, 5.74) is 1.19. The molecule has 1 rings (SSSR count). The van der Waals surface area contributed by atoms with Crippen LogP contribution in [-0.2, 0) is 0 Å². The Labute approximate surface area is 82.8 Å². The Morgan fingerprint density at radius 1 is 1.50 bits per heavy atom. The van der Waals surface area contributed by atoms with Crippen LogP contribution in [0.15, 0.2) is 18.3 Å². The minimum absolute atomic E-state index is 0.159. The van der Waals surface area contributed by atoms with Crippen molar-refractivity contribution >= 4 is 6.29 Å². The lowest BCUT2D eigenvalue weighted by Crippen LogP contribution is -1.85. The minimum Gasteiger partial charge on any atom is -0.396 e. The number of carbonyl (C=O) groups is 1. The van der Waals surface area contributed by atoms with E-state index in [1.165, 1.54) is 6.20 Å². The average Bonchev–Trinajstić information content (AvgIpc) is 2.25. The van der Waals surface area contributed by atoms with Gasteiger partial charge in [-0.05, 0) is 24.5 Å². The van der Waals surface area contributed by atoms with Crippen LogP contribution in [0.5, 0.6) is 0 Å². The van der Waals surface area contributed by atoms with Gasteiger partial charge in [-0.25, -0.2) is 4.98 Å². The van der Waals surface area contributed by atoms with Gasteiger partial charge in [0.2, 0.25) is 0 Å². The van der Waals surface area contributed by atoms with Crippen LogP contribution in [0.25, 0.3) is 0 Å². The van der Waals surface area contributed by atoms with E-state index in [0.717, 1.165) is 6.29 Å². The Morgan fingerprint density at radius 3 is 2.93 bits per heavy atom. The fourth-order valence-corrected chi connectivity index (χ4v) is 0.869. The molecule has 0 aromatic carbocycles. The predicted octanol–water partition coefficient (Wildman–Crippen LogP) is 1.02. The molecule has 0 aliphatic heterocycles. The molecule has 3 heteroatoms. The van der Waals surface area contributed by atoms with Crippen LogP contribution in [0.3, 0.4) is 0 Å². The van der Waals surface area contributed by atoms with Crippen molar-refractivity contribution in [2.45, 2.75) is 12.8 Å². The van der Waals surface area contributed by atoms with E-state index in [1.54, 1.807) is 12.1 Å². The molecule has 14 heavy (non-hydrogen) atoms. The zero-order valence-corrected chi connectivity index (χ0v) is 7.73. The first kappa shape index (κ1) is 10.4. The number of aromatic nitrogens is 1. The molecule has 0 bridgehead atoms. The second-order valence-electron chi connectivity index (χ2n) is 2.72. The van der Waals surface area contributed by atoms with Crippen molar-refractivity contribution in [3.05, 3.63) is 29.6 Å². The fraction of sp³-hybridized carbons (Fsp3) is 0.273. The summed E-state index contributed by atoms with van der Waals surface area (Å²) in [7, 11) is 0. The maximum absolute atomic E-state index is 10.3. The van der Waals surface area contributed by atoms with E-state index in [9.17, 15) is 4.79 Å². The van der Waals surface area contributed by atoms with E-state index in [0.29, 0.717) is 24.1 Å². The normalized spacial score (nSPS) is 8.93. The van der Waals surface area contributed by atoms with Crippen LogP contribution in [0.2, 0.25) is 0 Å². The van der Waals surface area contributed by atoms with Crippen molar-refractivity contribution in [2.75, 3.05) is 6.61 Å². The summed E-state index contributed by atoms with van der Waals surface area (Å²) < 4.78 is 0. The number of aldehydes is 1. The van der Waals surface area contributed by atoms with Gasteiger partial charge in [-0.15, -0.1) is 0 Å². The number of nitrogens with zero attached hydrogens (tertiary/aromatic N) is 1. The molecule has 0 unspecified atom stereocenters. The average molecular weight is 189 g/mol. The number of aliphatic hydroxyl groups is 1. The number of pyridine rings is 1. The van der Waals surface area contributed by atoms with Crippen LogP contribution in [-0.4, -0.2) is 23.0 Å². The summed E-state index contributed by atoms with van der Waals surface area (Å²) in [6.45, 7) is 0.159. The molecule has 1 N–H and O–H groups in total. The van der Waals surface area contributed by atoms with Crippen molar-refractivity contribution < 1.29 is 9.90 Å². The summed E-state index contributed by atoms with van der Waals surface area (Å²) in [4.78, 5) is 14.3. The molecule has 0 amide bonds. The Kier molecular flexibility index (Phi) is 4.39. The van der Waals surface area contributed by atoms with Crippen molar-refractivity contribution in [1.82, 2.24) is 4.98 Å². The molecule has 0 radical (unpaired) electrons. The molecule has 72 valence electrons. The first-order valence-corrected chi connectivity index (χ1v) is 4.38. The van der Waals surface area contributed by atoms with Crippen molar-refractivity contribution in [3.63, 3.8) is 0 Å². The van der Waals surface area contributed by atoms with Crippen LogP contribution in [0.4, 0.5) is 0 Å². The molecule has 0 aliphatic rings. The zero-order chi connectivity index (χ0) is 10.2. The number of rotatable bonds is 3. The number of hydrogen-bond donors (Lipinski definition) is 1. The highest BCUT2D eigenvalue weighted by Gasteiger charge is 1.90. The Morgan fingerprint density at radius 2 is 2.36 bits per heavy atom. The van der Waals surface area contributed by atoms with Crippen LogP contribution < -0.4 is 0 Å². The van der Waals surface area contributed by atoms with E-state index >= 15 is 0 Å². The lowest BCUT2D eigenvalue weighted by molar-refractivity contribution is 0.112. The van der Waals surface area contributed by atoms with Crippen molar-refractivity contribution in [1.29, 1.82) is 0 Å². The molecule has 0 aliphatic carbocycles. The third-order valence-electron chi connectivity index (χ3n) is 1.60. The molecule has 0 fully saturated rings. The van der Waals surface area contributed by atoms with Gasteiger partial charge in [-0.3, -0.25) is 4.79 Å². The number of aliphatic hydroxyl groups excluding tert-OH is 1. The Hall–Kier alpha value is -1.66. The summed E-state index contributed by atoms with van der Waals surface area (Å²) in [6, 6.07) is 3.38. The van der Waals surface area contributed by atoms with Gasteiger partial charge >= 0.3 is 0 Å². The van der Waals surface area contributed by atoms with E-state index in [4.69, 9.17) is 5.11 Å². The molecule has 0 saturated carbocycles.